The summed E-state index contributed by atoms with van der Waals surface area (Å²) in [4.78, 5) is 11.6. The fourth-order valence-corrected chi connectivity index (χ4v) is 1.35. The van der Waals surface area contributed by atoms with Crippen molar-refractivity contribution in [3.05, 3.63) is 35.4 Å². The first-order valence-corrected chi connectivity index (χ1v) is 5.75. The van der Waals surface area contributed by atoms with Crippen LogP contribution in [0.5, 0.6) is 0 Å². The van der Waals surface area contributed by atoms with Gasteiger partial charge >= 0.3 is 5.97 Å². The summed E-state index contributed by atoms with van der Waals surface area (Å²) in [5.41, 5.74) is 0.979. The highest BCUT2D eigenvalue weighted by molar-refractivity contribution is 5.89. The molecule has 1 rings (SSSR count). The predicted molar refractivity (Wildman–Crippen MR) is 63.6 cm³/mol. The highest BCUT2D eigenvalue weighted by atomic mass is 16.6. The second-order valence-corrected chi connectivity index (χ2v) is 3.57. The van der Waals surface area contributed by atoms with Crippen molar-refractivity contribution in [2.45, 2.75) is 26.6 Å². The fraction of sp³-hybridized carbons (Fsp3) is 0.462. The van der Waals surface area contributed by atoms with Crippen LogP contribution in [0.2, 0.25) is 0 Å². The number of benzene rings is 1. The molecule has 17 heavy (non-hydrogen) atoms. The minimum absolute atomic E-state index is 0.377. The molecular formula is C13H18O4. The molecule has 1 N–H and O–H groups in total. The second kappa shape index (κ2) is 7.04. The zero-order valence-corrected chi connectivity index (χ0v) is 10.2. The van der Waals surface area contributed by atoms with Gasteiger partial charge in [-0.25, -0.2) is 4.79 Å². The molecule has 4 nitrogen and oxygen atoms in total. The Morgan fingerprint density at radius 2 is 2.18 bits per heavy atom. The van der Waals surface area contributed by atoms with Crippen molar-refractivity contribution < 1.29 is 19.4 Å². The number of esters is 1. The second-order valence-electron chi connectivity index (χ2n) is 3.57. The fourth-order valence-electron chi connectivity index (χ4n) is 1.35. The van der Waals surface area contributed by atoms with E-state index >= 15 is 0 Å². The average Bonchev–Trinajstić information content (AvgIpc) is 2.36. The normalized spacial score (nSPS) is 12.2. The van der Waals surface area contributed by atoms with Crippen LogP contribution < -0.4 is 0 Å². The van der Waals surface area contributed by atoms with Crippen molar-refractivity contribution in [3.63, 3.8) is 0 Å². The Kier molecular flexibility index (Phi) is 5.66. The molecule has 0 amide bonds. The number of carbonyl (C=O) groups excluding carboxylic acids is 1. The van der Waals surface area contributed by atoms with Crippen LogP contribution in [0.3, 0.4) is 0 Å². The Morgan fingerprint density at radius 1 is 1.41 bits per heavy atom. The van der Waals surface area contributed by atoms with E-state index < -0.39 is 6.29 Å². The smallest absolute Gasteiger partial charge is 0.338 e. The molecule has 0 saturated carbocycles. The van der Waals surface area contributed by atoms with E-state index in [1.807, 2.05) is 6.92 Å². The molecule has 0 aliphatic rings. The minimum atomic E-state index is -1.00. The molecule has 0 spiro atoms. The standard InChI is InChI=1S/C13H18O4/c1-3-8-17-13(15)11-7-5-6-10(9-11)12(14)16-4-2/h5-7,9,12,14H,3-4,8H2,1-2H3. The van der Waals surface area contributed by atoms with Crippen molar-refractivity contribution in [2.24, 2.45) is 0 Å². The van der Waals surface area contributed by atoms with E-state index in [0.29, 0.717) is 24.3 Å². The summed E-state index contributed by atoms with van der Waals surface area (Å²) in [6.45, 7) is 4.54. The van der Waals surface area contributed by atoms with Gasteiger partial charge < -0.3 is 14.6 Å². The van der Waals surface area contributed by atoms with E-state index in [1.54, 1.807) is 31.2 Å². The highest BCUT2D eigenvalue weighted by Crippen LogP contribution is 2.16. The van der Waals surface area contributed by atoms with Crippen LogP contribution in [0.25, 0.3) is 0 Å². The van der Waals surface area contributed by atoms with Crippen LogP contribution in [0.1, 0.15) is 42.5 Å². The monoisotopic (exact) mass is 238 g/mol. The Labute approximate surface area is 101 Å². The Balaban J connectivity index is 2.74. The lowest BCUT2D eigenvalue weighted by atomic mass is 10.1. The molecule has 1 atom stereocenters. The molecule has 0 aromatic heterocycles. The molecule has 0 radical (unpaired) electrons. The predicted octanol–water partition coefficient (Wildman–Crippen LogP) is 2.28. The maximum absolute atomic E-state index is 11.6. The zero-order chi connectivity index (χ0) is 12.7. The van der Waals surface area contributed by atoms with Crippen molar-refractivity contribution in [3.8, 4) is 0 Å². The van der Waals surface area contributed by atoms with Gasteiger partial charge in [-0.2, -0.15) is 0 Å². The van der Waals surface area contributed by atoms with E-state index in [-0.39, 0.29) is 5.97 Å². The van der Waals surface area contributed by atoms with E-state index in [0.717, 1.165) is 6.42 Å². The summed E-state index contributed by atoms with van der Waals surface area (Å²) in [7, 11) is 0. The first-order valence-electron chi connectivity index (χ1n) is 5.75. The molecule has 0 saturated heterocycles. The summed E-state index contributed by atoms with van der Waals surface area (Å²) in [5.74, 6) is -0.377. The summed E-state index contributed by atoms with van der Waals surface area (Å²) in [5, 5.41) is 9.63. The lowest BCUT2D eigenvalue weighted by molar-refractivity contribution is -0.0979. The average molecular weight is 238 g/mol. The van der Waals surface area contributed by atoms with Gasteiger partial charge in [0.1, 0.15) is 0 Å². The van der Waals surface area contributed by atoms with Gasteiger partial charge in [-0.15, -0.1) is 0 Å². The highest BCUT2D eigenvalue weighted by Gasteiger charge is 2.11. The van der Waals surface area contributed by atoms with Gasteiger partial charge in [0.05, 0.1) is 12.2 Å². The minimum Gasteiger partial charge on any atom is -0.462 e. The number of hydrogen-bond donors (Lipinski definition) is 1. The van der Waals surface area contributed by atoms with E-state index in [4.69, 9.17) is 9.47 Å². The van der Waals surface area contributed by atoms with Crippen LogP contribution in [0.4, 0.5) is 0 Å². The maximum atomic E-state index is 11.6. The van der Waals surface area contributed by atoms with Crippen LogP contribution in [-0.4, -0.2) is 24.3 Å². The van der Waals surface area contributed by atoms with E-state index in [2.05, 4.69) is 0 Å². The first kappa shape index (κ1) is 13.7. The molecule has 0 heterocycles. The van der Waals surface area contributed by atoms with Crippen molar-refractivity contribution in [1.29, 1.82) is 0 Å². The van der Waals surface area contributed by atoms with Gasteiger partial charge in [0.25, 0.3) is 0 Å². The third-order valence-electron chi connectivity index (χ3n) is 2.17. The first-order chi connectivity index (χ1) is 8.19. The Hall–Kier alpha value is -1.39. The van der Waals surface area contributed by atoms with Gasteiger partial charge in [-0.3, -0.25) is 0 Å². The number of aliphatic hydroxyl groups is 1. The maximum Gasteiger partial charge on any atom is 0.338 e. The summed E-state index contributed by atoms with van der Waals surface area (Å²) < 4.78 is 10.1. The van der Waals surface area contributed by atoms with Crippen molar-refractivity contribution >= 4 is 5.97 Å². The Morgan fingerprint density at radius 3 is 2.82 bits per heavy atom. The topological polar surface area (TPSA) is 55.8 Å². The lowest BCUT2D eigenvalue weighted by Crippen LogP contribution is -2.08. The van der Waals surface area contributed by atoms with Gasteiger partial charge in [-0.1, -0.05) is 19.1 Å². The summed E-state index contributed by atoms with van der Waals surface area (Å²) >= 11 is 0. The number of carbonyl (C=O) groups is 1. The quantitative estimate of drug-likeness (QED) is 0.610. The largest absolute Gasteiger partial charge is 0.462 e. The zero-order valence-electron chi connectivity index (χ0n) is 10.2. The Bertz CT molecular complexity index is 362. The molecule has 4 heteroatoms. The lowest BCUT2D eigenvalue weighted by Gasteiger charge is -2.11. The van der Waals surface area contributed by atoms with Gasteiger partial charge in [0.15, 0.2) is 6.29 Å². The molecule has 0 aliphatic heterocycles. The third kappa shape index (κ3) is 4.17. The molecule has 94 valence electrons. The number of aliphatic hydroxyl groups excluding tert-OH is 1. The van der Waals surface area contributed by atoms with Crippen molar-refractivity contribution in [1.82, 2.24) is 0 Å². The summed E-state index contributed by atoms with van der Waals surface area (Å²) in [6.07, 6.45) is -0.216. The van der Waals surface area contributed by atoms with Crippen LogP contribution in [0, 0.1) is 0 Å². The summed E-state index contributed by atoms with van der Waals surface area (Å²) in [6, 6.07) is 6.63. The molecule has 0 aliphatic carbocycles. The molecular weight excluding hydrogens is 220 g/mol. The van der Waals surface area contributed by atoms with Gasteiger partial charge in [0, 0.05) is 12.2 Å². The van der Waals surface area contributed by atoms with Crippen LogP contribution in [-0.2, 0) is 9.47 Å². The van der Waals surface area contributed by atoms with Crippen molar-refractivity contribution in [2.75, 3.05) is 13.2 Å². The van der Waals surface area contributed by atoms with Crippen LogP contribution >= 0.6 is 0 Å². The third-order valence-corrected chi connectivity index (χ3v) is 2.17. The number of rotatable bonds is 6. The molecule has 0 fully saturated rings. The van der Waals surface area contributed by atoms with Gasteiger partial charge in [0.2, 0.25) is 0 Å². The number of ether oxygens (including phenoxy) is 2. The molecule has 1 unspecified atom stereocenters. The van der Waals surface area contributed by atoms with E-state index in [9.17, 15) is 9.90 Å². The van der Waals surface area contributed by atoms with Crippen LogP contribution in [0.15, 0.2) is 24.3 Å². The SMILES string of the molecule is CCCOC(=O)c1cccc(C(O)OCC)c1. The molecule has 1 aromatic rings. The van der Waals surface area contributed by atoms with E-state index in [1.165, 1.54) is 0 Å². The number of hydrogen-bond acceptors (Lipinski definition) is 4. The van der Waals surface area contributed by atoms with Gasteiger partial charge in [-0.05, 0) is 25.5 Å². The molecule has 0 bridgehead atoms. The molecule has 1 aromatic carbocycles.